The van der Waals surface area contributed by atoms with E-state index in [0.29, 0.717) is 13.1 Å². The summed E-state index contributed by atoms with van der Waals surface area (Å²) in [5.41, 5.74) is 3.75. The topological polar surface area (TPSA) is 67.2 Å². The third kappa shape index (κ3) is 3.62. The standard InChI is InChI=1S/C21H24ClN3O3/c1-23-6-8-24(9-7-23)16-3-2-15-13-25(5-4-14(15)10-16)21(28)17-11-18(22)20(27)12-19(17)26/h2-3,10-12,26-27H,4-9,13H2,1H3. The van der Waals surface area contributed by atoms with Crippen molar-refractivity contribution in [1.82, 2.24) is 9.80 Å². The number of piperazine rings is 1. The second kappa shape index (κ2) is 7.53. The minimum atomic E-state index is -0.284. The van der Waals surface area contributed by atoms with E-state index >= 15 is 0 Å². The largest absolute Gasteiger partial charge is 0.507 e. The highest BCUT2D eigenvalue weighted by Gasteiger charge is 2.25. The first kappa shape index (κ1) is 18.9. The van der Waals surface area contributed by atoms with Crippen molar-refractivity contribution >= 4 is 23.2 Å². The lowest BCUT2D eigenvalue weighted by molar-refractivity contribution is 0.0731. The Labute approximate surface area is 169 Å². The number of hydrogen-bond donors (Lipinski definition) is 2. The molecule has 0 saturated carbocycles. The van der Waals surface area contributed by atoms with Gasteiger partial charge in [-0.3, -0.25) is 4.79 Å². The smallest absolute Gasteiger partial charge is 0.257 e. The molecule has 6 nitrogen and oxygen atoms in total. The molecule has 4 rings (SSSR count). The third-order valence-corrected chi connectivity index (χ3v) is 5.96. The predicted molar refractivity (Wildman–Crippen MR) is 109 cm³/mol. The summed E-state index contributed by atoms with van der Waals surface area (Å²) in [6.07, 6.45) is 0.773. The number of phenolic OH excluding ortho intramolecular Hbond substituents is 2. The highest BCUT2D eigenvalue weighted by molar-refractivity contribution is 6.32. The average Bonchev–Trinajstić information content (AvgIpc) is 2.70. The van der Waals surface area contributed by atoms with E-state index in [-0.39, 0.29) is 28.0 Å². The van der Waals surface area contributed by atoms with Gasteiger partial charge in [-0.1, -0.05) is 17.7 Å². The van der Waals surface area contributed by atoms with Crippen LogP contribution in [0.2, 0.25) is 5.02 Å². The van der Waals surface area contributed by atoms with E-state index in [1.54, 1.807) is 4.90 Å². The lowest BCUT2D eigenvalue weighted by Crippen LogP contribution is -2.44. The van der Waals surface area contributed by atoms with Gasteiger partial charge in [0.15, 0.2) is 0 Å². The van der Waals surface area contributed by atoms with E-state index in [2.05, 4.69) is 35.0 Å². The van der Waals surface area contributed by atoms with Crippen LogP contribution in [-0.2, 0) is 13.0 Å². The number of carbonyl (C=O) groups is 1. The van der Waals surface area contributed by atoms with Crippen molar-refractivity contribution in [3.05, 3.63) is 52.0 Å². The van der Waals surface area contributed by atoms with Crippen molar-refractivity contribution in [2.24, 2.45) is 0 Å². The molecule has 0 radical (unpaired) electrons. The first-order valence-electron chi connectivity index (χ1n) is 9.48. The summed E-state index contributed by atoms with van der Waals surface area (Å²) in [7, 11) is 2.15. The molecule has 2 aliphatic heterocycles. The molecule has 1 saturated heterocycles. The second-order valence-corrected chi connectivity index (χ2v) is 7.95. The molecule has 0 unspecified atom stereocenters. The highest BCUT2D eigenvalue weighted by atomic mass is 35.5. The summed E-state index contributed by atoms with van der Waals surface area (Å²) in [6.45, 7) is 5.27. The molecule has 2 heterocycles. The van der Waals surface area contributed by atoms with Crippen LogP contribution in [-0.4, -0.2) is 65.7 Å². The summed E-state index contributed by atoms with van der Waals surface area (Å²) in [4.78, 5) is 19.3. The van der Waals surface area contributed by atoms with Crippen LogP contribution < -0.4 is 4.90 Å². The van der Waals surface area contributed by atoms with E-state index in [9.17, 15) is 15.0 Å². The van der Waals surface area contributed by atoms with Crippen LogP contribution in [0, 0.1) is 0 Å². The lowest BCUT2D eigenvalue weighted by Gasteiger charge is -2.35. The number of halogens is 1. The molecule has 2 N–H and O–H groups in total. The predicted octanol–water partition coefficient (Wildman–Crippen LogP) is 2.70. The fraction of sp³-hybridized carbons (Fsp3) is 0.381. The number of nitrogens with zero attached hydrogens (tertiary/aromatic N) is 3. The van der Waals surface area contributed by atoms with E-state index in [4.69, 9.17) is 11.6 Å². The first-order chi connectivity index (χ1) is 13.4. The zero-order valence-electron chi connectivity index (χ0n) is 15.9. The number of aromatic hydroxyl groups is 2. The maximum absolute atomic E-state index is 12.9. The number of rotatable bonds is 2. The van der Waals surface area contributed by atoms with Crippen molar-refractivity contribution in [3.8, 4) is 11.5 Å². The Balaban J connectivity index is 1.51. The van der Waals surface area contributed by atoms with Crippen molar-refractivity contribution in [1.29, 1.82) is 0 Å². The normalized spacial score (nSPS) is 17.5. The zero-order valence-corrected chi connectivity index (χ0v) is 16.6. The van der Waals surface area contributed by atoms with Gasteiger partial charge < -0.3 is 24.9 Å². The van der Waals surface area contributed by atoms with Gasteiger partial charge in [0.2, 0.25) is 0 Å². The van der Waals surface area contributed by atoms with Gasteiger partial charge in [-0.25, -0.2) is 0 Å². The molecular weight excluding hydrogens is 378 g/mol. The van der Waals surface area contributed by atoms with Crippen LogP contribution in [0.15, 0.2) is 30.3 Å². The molecule has 1 amide bonds. The van der Waals surface area contributed by atoms with Crippen LogP contribution >= 0.6 is 11.6 Å². The van der Waals surface area contributed by atoms with Crippen LogP contribution in [0.5, 0.6) is 11.5 Å². The first-order valence-corrected chi connectivity index (χ1v) is 9.86. The van der Waals surface area contributed by atoms with Gasteiger partial charge in [-0.2, -0.15) is 0 Å². The number of benzene rings is 2. The van der Waals surface area contributed by atoms with Crippen molar-refractivity contribution < 1.29 is 15.0 Å². The van der Waals surface area contributed by atoms with Crippen LogP contribution in [0.4, 0.5) is 5.69 Å². The van der Waals surface area contributed by atoms with Gasteiger partial charge in [-0.15, -0.1) is 0 Å². The SMILES string of the molecule is CN1CCN(c2ccc3c(c2)CCN(C(=O)c2cc(Cl)c(O)cc2O)C3)CC1. The van der Waals surface area contributed by atoms with E-state index in [0.717, 1.165) is 44.2 Å². The second-order valence-electron chi connectivity index (χ2n) is 7.54. The highest BCUT2D eigenvalue weighted by Crippen LogP contribution is 2.33. The Morgan fingerprint density at radius 1 is 0.964 bits per heavy atom. The van der Waals surface area contributed by atoms with E-state index in [1.165, 1.54) is 17.3 Å². The molecule has 2 aromatic carbocycles. The van der Waals surface area contributed by atoms with E-state index < -0.39 is 0 Å². The number of anilines is 1. The van der Waals surface area contributed by atoms with Gasteiger partial charge in [0.25, 0.3) is 5.91 Å². The number of hydrogen-bond acceptors (Lipinski definition) is 5. The zero-order chi connectivity index (χ0) is 19.8. The van der Waals surface area contributed by atoms with Gasteiger partial charge in [0, 0.05) is 51.0 Å². The molecule has 2 aromatic rings. The fourth-order valence-electron chi connectivity index (χ4n) is 3.87. The number of likely N-dealkylation sites (N-methyl/N-ethyl adjacent to an activating group) is 1. The summed E-state index contributed by atoms with van der Waals surface area (Å²) >= 11 is 5.91. The van der Waals surface area contributed by atoms with Crippen LogP contribution in [0.1, 0.15) is 21.5 Å². The number of carbonyl (C=O) groups excluding carboxylic acids is 1. The molecule has 28 heavy (non-hydrogen) atoms. The molecule has 0 spiro atoms. The van der Waals surface area contributed by atoms with E-state index in [1.807, 2.05) is 0 Å². The summed E-state index contributed by atoms with van der Waals surface area (Å²) in [5.74, 6) is -0.785. The quantitative estimate of drug-likeness (QED) is 0.809. The van der Waals surface area contributed by atoms with Crippen LogP contribution in [0.3, 0.4) is 0 Å². The average molecular weight is 402 g/mol. The molecule has 7 heteroatoms. The lowest BCUT2D eigenvalue weighted by atomic mass is 9.97. The molecule has 0 atom stereocenters. The van der Waals surface area contributed by atoms with Gasteiger partial charge in [-0.05, 0) is 42.8 Å². The maximum Gasteiger partial charge on any atom is 0.257 e. The molecule has 2 aliphatic rings. The third-order valence-electron chi connectivity index (χ3n) is 5.65. The Hall–Kier alpha value is -2.44. The molecule has 0 bridgehead atoms. The number of amides is 1. The van der Waals surface area contributed by atoms with Crippen molar-refractivity contribution in [2.45, 2.75) is 13.0 Å². The van der Waals surface area contributed by atoms with Crippen molar-refractivity contribution in [3.63, 3.8) is 0 Å². The summed E-state index contributed by atoms with van der Waals surface area (Å²) < 4.78 is 0. The Kier molecular flexibility index (Phi) is 5.08. The molecule has 148 valence electrons. The van der Waals surface area contributed by atoms with Gasteiger partial charge in [0.1, 0.15) is 11.5 Å². The van der Waals surface area contributed by atoms with Gasteiger partial charge >= 0.3 is 0 Å². The van der Waals surface area contributed by atoms with Crippen LogP contribution in [0.25, 0.3) is 0 Å². The molecule has 1 fully saturated rings. The fourth-order valence-corrected chi connectivity index (χ4v) is 4.03. The van der Waals surface area contributed by atoms with Gasteiger partial charge in [0.05, 0.1) is 10.6 Å². The monoisotopic (exact) mass is 401 g/mol. The Morgan fingerprint density at radius 2 is 1.71 bits per heavy atom. The maximum atomic E-state index is 12.9. The Morgan fingerprint density at radius 3 is 2.46 bits per heavy atom. The minimum Gasteiger partial charge on any atom is -0.507 e. The summed E-state index contributed by atoms with van der Waals surface area (Å²) in [6, 6.07) is 8.91. The molecule has 0 aliphatic carbocycles. The number of fused-ring (bicyclic) bond motifs is 1. The number of phenols is 2. The minimum absolute atomic E-state index is 0.0513. The molecular formula is C21H24ClN3O3. The summed E-state index contributed by atoms with van der Waals surface area (Å²) in [5, 5.41) is 19.7. The van der Waals surface area contributed by atoms with Crippen molar-refractivity contribution in [2.75, 3.05) is 44.7 Å². The molecule has 0 aromatic heterocycles. The Bertz CT molecular complexity index is 910.